The molecule has 8 bridgehead atoms. The molecule has 0 fully saturated rings. The Bertz CT molecular complexity index is 3930. The second-order valence-corrected chi connectivity index (χ2v) is 32.5. The fourth-order valence-electron chi connectivity index (χ4n) is 15.4. The van der Waals surface area contributed by atoms with Gasteiger partial charge in [-0.1, -0.05) is 254 Å². The van der Waals surface area contributed by atoms with Gasteiger partial charge in [-0.05, 0) is 196 Å². The molecule has 0 saturated heterocycles. The van der Waals surface area contributed by atoms with Gasteiger partial charge in [-0.25, -0.2) is 20.0 Å². The van der Waals surface area contributed by atoms with E-state index in [9.17, 15) is 5.11 Å². The molecule has 5 aliphatic heterocycles. The van der Waals surface area contributed by atoms with Gasteiger partial charge < -0.3 is 52.5 Å². The zero-order valence-electron chi connectivity index (χ0n) is 74.8. The molecular weight excluding hydrogens is 1480 g/mol. The van der Waals surface area contributed by atoms with Crippen LogP contribution in [0.2, 0.25) is 0 Å². The van der Waals surface area contributed by atoms with E-state index in [0.29, 0.717) is 152 Å². The van der Waals surface area contributed by atoms with Crippen LogP contribution in [0, 0.1) is 0 Å². The number of nitrogens with zero attached hydrogens (tertiary/aromatic N) is 4. The highest BCUT2D eigenvalue weighted by molar-refractivity contribution is 6.40. The topological polar surface area (TPSA) is 162 Å². The molecule has 0 saturated carbocycles. The van der Waals surface area contributed by atoms with Gasteiger partial charge in [0.15, 0.2) is 34.5 Å². The Balaban J connectivity index is 1.38. The van der Waals surface area contributed by atoms with E-state index in [0.717, 1.165) is 319 Å². The van der Waals surface area contributed by atoms with E-state index < -0.39 is 0 Å². The van der Waals surface area contributed by atoms with Gasteiger partial charge in [-0.2, -0.15) is 0 Å². The van der Waals surface area contributed by atoms with Gasteiger partial charge in [0, 0.05) is 28.9 Å². The van der Waals surface area contributed by atoms with Crippen molar-refractivity contribution < 1.29 is 52.5 Å². The summed E-state index contributed by atoms with van der Waals surface area (Å²) in [4.78, 5) is 23.6. The minimum atomic E-state index is 0.201. The van der Waals surface area contributed by atoms with Crippen molar-refractivity contribution in [2.24, 2.45) is 20.0 Å². The number of rotatable bonds is 65. The van der Waals surface area contributed by atoms with Crippen molar-refractivity contribution in [3.63, 3.8) is 0 Å². The van der Waals surface area contributed by atoms with Gasteiger partial charge in [0.05, 0.1) is 112 Å². The number of aliphatic imine (C=N–C) groups is 4. The largest absolute Gasteiger partial charge is 0.494 e. The van der Waals surface area contributed by atoms with Crippen molar-refractivity contribution in [1.82, 2.24) is 0 Å². The van der Waals surface area contributed by atoms with Crippen LogP contribution in [0.4, 0.5) is 0 Å². The highest BCUT2D eigenvalue weighted by Crippen LogP contribution is 2.49. The summed E-state index contributed by atoms with van der Waals surface area (Å²) in [6, 6.07) is 21.2. The van der Waals surface area contributed by atoms with Crippen LogP contribution < -0.4 is 47.4 Å². The molecule has 0 spiro atoms. The van der Waals surface area contributed by atoms with Crippen molar-refractivity contribution in [3.8, 4) is 57.5 Å². The number of aliphatic hydroxyl groups excluding tert-OH is 1. The minimum Gasteiger partial charge on any atom is -0.494 e. The molecule has 1 N–H and O–H groups in total. The molecule has 0 unspecified atom stereocenters. The molecule has 0 aliphatic carbocycles. The maximum absolute atomic E-state index is 9.50. The molecule has 5 heterocycles. The number of hydrogen-bond acceptors (Lipinski definition) is 15. The highest BCUT2D eigenvalue weighted by Gasteiger charge is 2.32. The predicted molar refractivity (Wildman–Crippen MR) is 498 cm³/mol. The Morgan fingerprint density at radius 1 is 0.210 bits per heavy atom. The van der Waals surface area contributed by atoms with Crippen molar-refractivity contribution in [2.75, 3.05) is 72.7 Å². The molecule has 4 aromatic rings. The standard InChI is InChI=1S/C104H148N4O11/c1-10-19-28-40-64-111-92-73-80(74-93(112-65-41-29-20-11-2)102(92)117-70-46-34-25-16-7)99-86-56-54-84(105-86)98(79-50-52-83(53-51-79)110-63-49-38-37-39-62-109)85-55-57-87(106-85)100(81-75-94(113-66-42-30-21-12-3)103(118-71-47-35-26-17-8)95(76-81)114-67-43-31-22-13-4)89-59-61-91(108-89)101(90-60-58-88(99)107-90)82-77-96(115-68-44-32-23-14-5)104(119-72-48-36-27-18-9)97(78-82)116-69-45-33-24-15-6/h50-61,73-78,109H,10-49,62-72H2,1-9H3. The van der Waals surface area contributed by atoms with E-state index >= 15 is 0 Å². The number of aliphatic hydroxyl groups is 1. The van der Waals surface area contributed by atoms with Crippen molar-refractivity contribution in [3.05, 3.63) is 154 Å². The van der Waals surface area contributed by atoms with E-state index in [4.69, 9.17) is 67.3 Å². The number of unbranched alkanes of at least 4 members (excludes halogenated alkanes) is 30. The second-order valence-electron chi connectivity index (χ2n) is 32.5. The van der Waals surface area contributed by atoms with Gasteiger partial charge >= 0.3 is 0 Å². The normalized spacial score (nSPS) is 14.1. The summed E-state index contributed by atoms with van der Waals surface area (Å²) >= 11 is 0. The number of fused-ring (bicyclic) bond motifs is 4. The number of hydrogen-bond donors (Lipinski definition) is 1. The Morgan fingerprint density at radius 2 is 0.412 bits per heavy atom. The van der Waals surface area contributed by atoms with E-state index in [2.05, 4.69) is 172 Å². The average Bonchev–Trinajstić information content (AvgIpc) is 1.63. The van der Waals surface area contributed by atoms with Gasteiger partial charge in [0.2, 0.25) is 17.2 Å². The quantitative estimate of drug-likeness (QED) is 0.0419. The second kappa shape index (κ2) is 55.4. The maximum atomic E-state index is 9.50. The van der Waals surface area contributed by atoms with Crippen LogP contribution in [0.1, 0.15) is 341 Å². The van der Waals surface area contributed by atoms with Crippen molar-refractivity contribution in [2.45, 2.75) is 319 Å². The van der Waals surface area contributed by atoms with Crippen LogP contribution >= 0.6 is 0 Å². The van der Waals surface area contributed by atoms with Crippen LogP contribution in [0.15, 0.2) is 152 Å². The summed E-state index contributed by atoms with van der Waals surface area (Å²) in [5.41, 5.74) is 12.2. The lowest BCUT2D eigenvalue weighted by molar-refractivity contribution is 0.234. The molecule has 0 aromatic heterocycles. The molecule has 0 radical (unpaired) electrons. The fourth-order valence-corrected chi connectivity index (χ4v) is 15.4. The monoisotopic (exact) mass is 1630 g/mol. The van der Waals surface area contributed by atoms with Gasteiger partial charge in [-0.3, -0.25) is 0 Å². The summed E-state index contributed by atoms with van der Waals surface area (Å²) in [5.74, 6) is 6.46. The molecule has 15 heteroatoms. The smallest absolute Gasteiger partial charge is 0.203 e. The molecule has 9 rings (SSSR count). The minimum absolute atomic E-state index is 0.201. The summed E-state index contributed by atoms with van der Waals surface area (Å²) in [6.45, 7) is 25.7. The Hall–Kier alpha value is -8.56. The van der Waals surface area contributed by atoms with E-state index in [-0.39, 0.29) is 6.61 Å². The lowest BCUT2D eigenvalue weighted by Crippen LogP contribution is -2.09. The maximum Gasteiger partial charge on any atom is 0.203 e. The number of benzene rings is 4. The molecule has 0 amide bonds. The zero-order valence-corrected chi connectivity index (χ0v) is 74.8. The molecule has 15 nitrogen and oxygen atoms in total. The summed E-state index contributed by atoms with van der Waals surface area (Å²) < 4.78 is 69.6. The molecule has 0 atom stereocenters. The zero-order chi connectivity index (χ0) is 83.7. The predicted octanol–water partition coefficient (Wildman–Crippen LogP) is 28.3. The van der Waals surface area contributed by atoms with E-state index in [1.807, 2.05) is 0 Å². The van der Waals surface area contributed by atoms with Crippen LogP contribution in [0.25, 0.3) is 22.3 Å². The number of allylic oxidation sites excluding steroid dienone is 12. The first-order valence-corrected chi connectivity index (χ1v) is 47.3. The third kappa shape index (κ3) is 30.2. The summed E-state index contributed by atoms with van der Waals surface area (Å²) in [5, 5.41) is 9.50. The third-order valence-electron chi connectivity index (χ3n) is 22.3. The Morgan fingerprint density at radius 3 is 0.639 bits per heavy atom. The molecule has 4 aromatic carbocycles. The van der Waals surface area contributed by atoms with Gasteiger partial charge in [-0.15, -0.1) is 0 Å². The van der Waals surface area contributed by atoms with E-state index in [1.165, 1.54) is 0 Å². The first-order chi connectivity index (χ1) is 58.7. The Kier molecular flexibility index (Phi) is 43.9. The van der Waals surface area contributed by atoms with Crippen molar-refractivity contribution in [1.29, 1.82) is 0 Å². The first kappa shape index (κ1) is 94.3. The SMILES string of the molecule is CCCCCCOc1cc(C2=C3C=CC(=N3)C(c3cc(OCCCCCC)c(OCCCCCC)c(OCCCCCC)c3)=C3C=CC(=N3)C(c3cc(OCCCCCC)c(OCCCCCC)c(OCCCCCC)c3)=C3C=CC(=N3)C(c3ccc(OCCCCCCO)cc3)=C3C=CC2=N3)cc(OCCCCCC)c1OCCCCCC. The van der Waals surface area contributed by atoms with Gasteiger partial charge in [0.1, 0.15) is 5.75 Å². The van der Waals surface area contributed by atoms with Crippen molar-refractivity contribution >= 4 is 45.1 Å². The summed E-state index contributed by atoms with van der Waals surface area (Å²) in [6.07, 6.45) is 58.6. The molecule has 650 valence electrons. The molecular formula is C104H148N4O11. The van der Waals surface area contributed by atoms with E-state index in [1.54, 1.807) is 0 Å². The van der Waals surface area contributed by atoms with Crippen LogP contribution in [0.3, 0.4) is 0 Å². The van der Waals surface area contributed by atoms with Crippen LogP contribution in [-0.4, -0.2) is 101 Å². The van der Waals surface area contributed by atoms with Crippen LogP contribution in [0.5, 0.6) is 57.5 Å². The summed E-state index contributed by atoms with van der Waals surface area (Å²) in [7, 11) is 0. The molecule has 119 heavy (non-hydrogen) atoms. The fraction of sp³-hybridized carbons (Fsp3) is 0.577. The average molecular weight is 1630 g/mol. The third-order valence-corrected chi connectivity index (χ3v) is 22.3. The Labute approximate surface area is 717 Å². The lowest BCUT2D eigenvalue weighted by Gasteiger charge is -2.21. The first-order valence-electron chi connectivity index (χ1n) is 47.3. The van der Waals surface area contributed by atoms with Gasteiger partial charge in [0.25, 0.3) is 0 Å². The highest BCUT2D eigenvalue weighted by atomic mass is 16.6. The van der Waals surface area contributed by atoms with Crippen LogP contribution in [-0.2, 0) is 0 Å². The number of ether oxygens (including phenoxy) is 10. The molecule has 5 aliphatic rings. The lowest BCUT2D eigenvalue weighted by atomic mass is 9.97.